The Morgan fingerprint density at radius 3 is 2.07 bits per heavy atom. The summed E-state index contributed by atoms with van der Waals surface area (Å²) in [7, 11) is 3.92. The summed E-state index contributed by atoms with van der Waals surface area (Å²) in [5, 5.41) is 10.2. The molecule has 1 atom stereocenters. The number of carbonyl (C=O) groups excluding carboxylic acids is 3. The van der Waals surface area contributed by atoms with Gasteiger partial charge >= 0.3 is 0 Å². The van der Waals surface area contributed by atoms with Crippen LogP contribution in [0.1, 0.15) is 35.1 Å². The van der Waals surface area contributed by atoms with Crippen molar-refractivity contribution in [1.29, 1.82) is 0 Å². The Kier molecular flexibility index (Phi) is 7.09. The Morgan fingerprint density at radius 2 is 1.63 bits per heavy atom. The van der Waals surface area contributed by atoms with Crippen molar-refractivity contribution in [3.05, 3.63) is 46.2 Å². The maximum Gasteiger partial charge on any atom is 0.251 e. The standard InChI is InChI=1S/C19H24N4O3S/c1-12(24)21-15-8-14(9-16(10-15)22-13(2)25)19(26)20-11-17(23(3)4)18-6-5-7-27-18/h5-10,17H,11H2,1-4H3,(H,20,26)(H,21,24)(H,22,25). The zero-order valence-corrected chi connectivity index (χ0v) is 16.6. The summed E-state index contributed by atoms with van der Waals surface area (Å²) in [6, 6.07) is 8.84. The molecule has 1 heterocycles. The van der Waals surface area contributed by atoms with Crippen LogP contribution in [-0.2, 0) is 9.59 Å². The number of nitrogens with one attached hydrogen (secondary N) is 3. The van der Waals surface area contributed by atoms with Crippen LogP contribution in [0, 0.1) is 0 Å². The van der Waals surface area contributed by atoms with Gasteiger partial charge in [-0.2, -0.15) is 0 Å². The first kappa shape index (κ1) is 20.6. The SMILES string of the molecule is CC(=O)Nc1cc(NC(C)=O)cc(C(=O)NCC(c2cccs2)N(C)C)c1. The molecule has 3 amide bonds. The van der Waals surface area contributed by atoms with Gasteiger partial charge in [-0.15, -0.1) is 11.3 Å². The van der Waals surface area contributed by atoms with Crippen molar-refractivity contribution in [3.63, 3.8) is 0 Å². The topological polar surface area (TPSA) is 90.5 Å². The number of nitrogens with zero attached hydrogens (tertiary/aromatic N) is 1. The third-order valence-corrected chi connectivity index (χ3v) is 4.76. The minimum Gasteiger partial charge on any atom is -0.350 e. The first-order chi connectivity index (χ1) is 12.8. The van der Waals surface area contributed by atoms with E-state index in [1.807, 2.05) is 36.5 Å². The fraction of sp³-hybridized carbons (Fsp3) is 0.316. The highest BCUT2D eigenvalue weighted by molar-refractivity contribution is 7.10. The molecule has 0 bridgehead atoms. The van der Waals surface area contributed by atoms with Gasteiger partial charge in [0.05, 0.1) is 6.04 Å². The van der Waals surface area contributed by atoms with Gasteiger partial charge < -0.3 is 20.9 Å². The fourth-order valence-electron chi connectivity index (χ4n) is 2.62. The van der Waals surface area contributed by atoms with E-state index in [2.05, 4.69) is 16.0 Å². The van der Waals surface area contributed by atoms with Gasteiger partial charge in [-0.3, -0.25) is 14.4 Å². The normalized spacial score (nSPS) is 11.7. The summed E-state index contributed by atoms with van der Waals surface area (Å²) in [5.41, 5.74) is 1.25. The van der Waals surface area contributed by atoms with Crippen molar-refractivity contribution < 1.29 is 14.4 Å². The number of rotatable bonds is 7. The van der Waals surface area contributed by atoms with E-state index >= 15 is 0 Å². The van der Waals surface area contributed by atoms with Crippen molar-refractivity contribution in [2.24, 2.45) is 0 Å². The molecular weight excluding hydrogens is 364 g/mol. The number of thiophene rings is 1. The lowest BCUT2D eigenvalue weighted by Crippen LogP contribution is -2.34. The molecule has 3 N–H and O–H groups in total. The van der Waals surface area contributed by atoms with Crippen LogP contribution in [0.15, 0.2) is 35.7 Å². The van der Waals surface area contributed by atoms with Crippen LogP contribution in [0.4, 0.5) is 11.4 Å². The Bertz CT molecular complexity index is 784. The number of carbonyl (C=O) groups is 3. The second kappa shape index (κ2) is 9.29. The maximum absolute atomic E-state index is 12.7. The zero-order chi connectivity index (χ0) is 20.0. The average molecular weight is 388 g/mol. The highest BCUT2D eigenvalue weighted by Gasteiger charge is 2.17. The van der Waals surface area contributed by atoms with E-state index in [1.165, 1.54) is 13.8 Å². The summed E-state index contributed by atoms with van der Waals surface area (Å²) in [6.45, 7) is 3.20. The van der Waals surface area contributed by atoms with Crippen LogP contribution in [0.5, 0.6) is 0 Å². The molecule has 1 aromatic carbocycles. The van der Waals surface area contributed by atoms with Gasteiger partial charge in [0.25, 0.3) is 5.91 Å². The Balaban J connectivity index is 2.18. The van der Waals surface area contributed by atoms with Gasteiger partial charge in [-0.05, 0) is 43.7 Å². The van der Waals surface area contributed by atoms with Crippen molar-refractivity contribution >= 4 is 40.4 Å². The van der Waals surface area contributed by atoms with Gasteiger partial charge in [-0.25, -0.2) is 0 Å². The number of likely N-dealkylation sites (N-methyl/N-ethyl adjacent to an activating group) is 1. The molecule has 1 aromatic heterocycles. The van der Waals surface area contributed by atoms with Crippen LogP contribution in [0.25, 0.3) is 0 Å². The molecule has 144 valence electrons. The van der Waals surface area contributed by atoms with Crippen LogP contribution >= 0.6 is 11.3 Å². The Hall–Kier alpha value is -2.71. The number of hydrogen-bond acceptors (Lipinski definition) is 5. The molecule has 0 fully saturated rings. The van der Waals surface area contributed by atoms with Crippen LogP contribution in [0.3, 0.4) is 0 Å². The predicted octanol–water partition coefficient (Wildman–Crippen LogP) is 2.70. The third-order valence-electron chi connectivity index (χ3n) is 3.79. The summed E-state index contributed by atoms with van der Waals surface area (Å²) < 4.78 is 0. The summed E-state index contributed by atoms with van der Waals surface area (Å²) >= 11 is 1.64. The van der Waals surface area contributed by atoms with Crippen LogP contribution in [-0.4, -0.2) is 43.3 Å². The molecule has 0 saturated heterocycles. The Labute approximate surface area is 162 Å². The Morgan fingerprint density at radius 1 is 1.04 bits per heavy atom. The van der Waals surface area contributed by atoms with Crippen molar-refractivity contribution in [3.8, 4) is 0 Å². The molecule has 8 heteroatoms. The second-order valence-electron chi connectivity index (χ2n) is 6.37. The number of amides is 3. The molecule has 2 aromatic rings. The van der Waals surface area contributed by atoms with Gasteiger partial charge in [0.2, 0.25) is 11.8 Å². The lowest BCUT2D eigenvalue weighted by Gasteiger charge is -2.23. The molecule has 0 saturated carbocycles. The van der Waals surface area contributed by atoms with Gasteiger partial charge in [-0.1, -0.05) is 6.07 Å². The van der Waals surface area contributed by atoms with Crippen LogP contribution in [0.2, 0.25) is 0 Å². The molecule has 7 nitrogen and oxygen atoms in total. The largest absolute Gasteiger partial charge is 0.350 e. The molecule has 2 rings (SSSR count). The molecule has 0 radical (unpaired) electrons. The van der Waals surface area contributed by atoms with E-state index in [1.54, 1.807) is 29.5 Å². The average Bonchev–Trinajstić information content (AvgIpc) is 3.07. The van der Waals surface area contributed by atoms with Crippen LogP contribution < -0.4 is 16.0 Å². The quantitative estimate of drug-likeness (QED) is 0.680. The molecule has 27 heavy (non-hydrogen) atoms. The highest BCUT2D eigenvalue weighted by Crippen LogP contribution is 2.23. The van der Waals surface area contributed by atoms with Crippen molar-refractivity contribution in [1.82, 2.24) is 10.2 Å². The molecule has 0 aliphatic heterocycles. The smallest absolute Gasteiger partial charge is 0.251 e. The minimum absolute atomic E-state index is 0.0577. The maximum atomic E-state index is 12.7. The number of hydrogen-bond donors (Lipinski definition) is 3. The molecule has 0 aliphatic carbocycles. The predicted molar refractivity (Wildman–Crippen MR) is 108 cm³/mol. The summed E-state index contributed by atoms with van der Waals surface area (Å²) in [5.74, 6) is -0.796. The molecule has 1 unspecified atom stereocenters. The first-order valence-corrected chi connectivity index (χ1v) is 9.32. The van der Waals surface area contributed by atoms with Crippen molar-refractivity contribution in [2.75, 3.05) is 31.3 Å². The number of benzene rings is 1. The zero-order valence-electron chi connectivity index (χ0n) is 15.8. The van der Waals surface area contributed by atoms with Gasteiger partial charge in [0.15, 0.2) is 0 Å². The molecule has 0 spiro atoms. The van der Waals surface area contributed by atoms with Crippen molar-refractivity contribution in [2.45, 2.75) is 19.9 Å². The van der Waals surface area contributed by atoms with E-state index in [0.717, 1.165) is 4.88 Å². The van der Waals surface area contributed by atoms with Gasteiger partial charge in [0.1, 0.15) is 0 Å². The summed E-state index contributed by atoms with van der Waals surface area (Å²) in [6.07, 6.45) is 0. The third kappa shape index (κ3) is 6.19. The van der Waals surface area contributed by atoms with E-state index in [-0.39, 0.29) is 23.8 Å². The van der Waals surface area contributed by atoms with E-state index in [4.69, 9.17) is 0 Å². The lowest BCUT2D eigenvalue weighted by atomic mass is 10.1. The number of anilines is 2. The van der Waals surface area contributed by atoms with E-state index < -0.39 is 0 Å². The fourth-order valence-corrected chi connectivity index (χ4v) is 3.54. The summed E-state index contributed by atoms with van der Waals surface area (Å²) in [4.78, 5) is 38.6. The molecule has 0 aliphatic rings. The second-order valence-corrected chi connectivity index (χ2v) is 7.35. The van der Waals surface area contributed by atoms with E-state index in [9.17, 15) is 14.4 Å². The monoisotopic (exact) mass is 388 g/mol. The van der Waals surface area contributed by atoms with E-state index in [0.29, 0.717) is 23.5 Å². The molecular formula is C19H24N4O3S. The minimum atomic E-state index is -0.280. The van der Waals surface area contributed by atoms with Gasteiger partial charge in [0, 0.05) is 42.2 Å². The first-order valence-electron chi connectivity index (χ1n) is 8.44. The highest BCUT2D eigenvalue weighted by atomic mass is 32.1. The lowest BCUT2D eigenvalue weighted by molar-refractivity contribution is -0.115.